The van der Waals surface area contributed by atoms with Crippen LogP contribution in [0.2, 0.25) is 0 Å². The number of alkyl halides is 1. The third-order valence-corrected chi connectivity index (χ3v) is 9.43. The number of ether oxygens (including phenoxy) is 5. The van der Waals surface area contributed by atoms with Gasteiger partial charge in [-0.05, 0) is 88.6 Å². The van der Waals surface area contributed by atoms with Crippen LogP contribution in [0.25, 0.3) is 0 Å². The quantitative estimate of drug-likeness (QED) is 0.0858. The predicted octanol–water partition coefficient (Wildman–Crippen LogP) is 9.78. The number of hydrogen-bond donors (Lipinski definition) is 0. The number of benzene rings is 4. The Hall–Kier alpha value is -2.87. The van der Waals surface area contributed by atoms with Crippen molar-refractivity contribution in [3.05, 3.63) is 129 Å². The molecule has 4 aromatic carbocycles. The fourth-order valence-electron chi connectivity index (χ4n) is 5.77. The van der Waals surface area contributed by atoms with Crippen LogP contribution >= 0.6 is 27.5 Å². The van der Waals surface area contributed by atoms with Crippen molar-refractivity contribution in [3.8, 4) is 11.5 Å². The third kappa shape index (κ3) is 9.82. The van der Waals surface area contributed by atoms with Crippen LogP contribution in [0.5, 0.6) is 11.5 Å². The molecule has 0 amide bonds. The first-order valence-corrected chi connectivity index (χ1v) is 17.5. The monoisotopic (exact) mass is 706 g/mol. The van der Waals surface area contributed by atoms with E-state index < -0.39 is 0 Å². The molecule has 1 saturated heterocycles. The van der Waals surface area contributed by atoms with E-state index in [-0.39, 0.29) is 18.3 Å². The van der Waals surface area contributed by atoms with Gasteiger partial charge in [0.2, 0.25) is 0 Å². The fourth-order valence-corrected chi connectivity index (χ4v) is 6.48. The summed E-state index contributed by atoms with van der Waals surface area (Å²) in [5, 5.41) is 0. The van der Waals surface area contributed by atoms with Crippen LogP contribution in [-0.4, -0.2) is 37.9 Å². The van der Waals surface area contributed by atoms with Gasteiger partial charge >= 0.3 is 0 Å². The Kier molecular flexibility index (Phi) is 13.4. The molecule has 7 heteroatoms. The van der Waals surface area contributed by atoms with Gasteiger partial charge in [-0.1, -0.05) is 72.8 Å². The van der Waals surface area contributed by atoms with Gasteiger partial charge in [-0.3, -0.25) is 0 Å². The molecule has 3 atom stereocenters. The van der Waals surface area contributed by atoms with Crippen LogP contribution < -0.4 is 9.47 Å². The molecule has 46 heavy (non-hydrogen) atoms. The SMILES string of the molecule is CCOc1ccc(Cc2cc(C3CC(OCc4ccccc4)CC(COCc4ccccc4)O3)c(OCCCCl)c(Br)c2C)cc1. The van der Waals surface area contributed by atoms with E-state index in [0.717, 1.165) is 57.5 Å². The molecule has 3 unspecified atom stereocenters. The van der Waals surface area contributed by atoms with Crippen molar-refractivity contribution in [1.29, 1.82) is 0 Å². The van der Waals surface area contributed by atoms with Crippen molar-refractivity contribution in [2.45, 2.75) is 71.1 Å². The highest BCUT2D eigenvalue weighted by molar-refractivity contribution is 9.10. The lowest BCUT2D eigenvalue weighted by atomic mass is 9.91. The molecule has 1 heterocycles. The summed E-state index contributed by atoms with van der Waals surface area (Å²) >= 11 is 9.95. The van der Waals surface area contributed by atoms with Crippen molar-refractivity contribution in [3.63, 3.8) is 0 Å². The standard InChI is InChI=1S/C39H44BrClO5/c1-3-43-33-17-15-29(16-18-33)21-32-22-36(39(38(40)28(32)2)44-20-10-19-41)37-24-34(45-26-31-13-8-5-9-14-31)23-35(46-37)27-42-25-30-11-6-4-7-12-30/h4-9,11-18,22,34-35,37H,3,10,19-21,23-27H2,1-2H3. The van der Waals surface area contributed by atoms with Gasteiger partial charge in [0, 0.05) is 24.3 Å². The third-order valence-electron chi connectivity index (χ3n) is 8.21. The molecule has 0 saturated carbocycles. The smallest absolute Gasteiger partial charge is 0.139 e. The minimum Gasteiger partial charge on any atom is -0.494 e. The minimum absolute atomic E-state index is 0.00499. The molecule has 0 bridgehead atoms. The highest BCUT2D eigenvalue weighted by Gasteiger charge is 2.34. The van der Waals surface area contributed by atoms with E-state index in [0.29, 0.717) is 45.3 Å². The second-order valence-electron chi connectivity index (χ2n) is 11.7. The lowest BCUT2D eigenvalue weighted by Gasteiger charge is -2.36. The Balaban J connectivity index is 1.41. The molecule has 244 valence electrons. The normalized spacial score (nSPS) is 18.0. The summed E-state index contributed by atoms with van der Waals surface area (Å²) in [6.07, 6.45) is 2.63. The highest BCUT2D eigenvalue weighted by Crippen LogP contribution is 2.44. The van der Waals surface area contributed by atoms with Gasteiger partial charge in [0.05, 0.1) is 55.8 Å². The predicted molar refractivity (Wildman–Crippen MR) is 188 cm³/mol. The summed E-state index contributed by atoms with van der Waals surface area (Å²) in [4.78, 5) is 0. The largest absolute Gasteiger partial charge is 0.494 e. The van der Waals surface area contributed by atoms with E-state index in [9.17, 15) is 0 Å². The number of halogens is 2. The van der Waals surface area contributed by atoms with Crippen LogP contribution in [0.1, 0.15) is 65.7 Å². The fraction of sp³-hybridized carbons (Fsp3) is 0.385. The lowest BCUT2D eigenvalue weighted by Crippen LogP contribution is -2.36. The molecule has 4 aromatic rings. The Morgan fingerprint density at radius 3 is 2.22 bits per heavy atom. The van der Waals surface area contributed by atoms with Gasteiger partial charge in [-0.15, -0.1) is 11.6 Å². The first kappa shape index (κ1) is 34.5. The molecule has 1 aliphatic rings. The molecule has 5 rings (SSSR count). The second-order valence-corrected chi connectivity index (χ2v) is 12.8. The molecule has 0 aromatic heterocycles. The molecule has 0 radical (unpaired) electrons. The molecule has 0 aliphatic carbocycles. The summed E-state index contributed by atoms with van der Waals surface area (Å²) < 4.78 is 32.6. The maximum atomic E-state index is 6.83. The van der Waals surface area contributed by atoms with Gasteiger partial charge < -0.3 is 23.7 Å². The molecule has 1 fully saturated rings. The zero-order chi connectivity index (χ0) is 32.1. The number of rotatable bonds is 16. The van der Waals surface area contributed by atoms with Gasteiger partial charge in [0.15, 0.2) is 0 Å². The van der Waals surface area contributed by atoms with Crippen molar-refractivity contribution in [2.75, 3.05) is 25.7 Å². The number of hydrogen-bond acceptors (Lipinski definition) is 5. The van der Waals surface area contributed by atoms with E-state index in [2.05, 4.69) is 65.3 Å². The van der Waals surface area contributed by atoms with Gasteiger partial charge in [0.1, 0.15) is 11.5 Å². The first-order chi connectivity index (χ1) is 22.5. The first-order valence-electron chi connectivity index (χ1n) is 16.2. The van der Waals surface area contributed by atoms with Crippen molar-refractivity contribution < 1.29 is 23.7 Å². The minimum atomic E-state index is -0.234. The van der Waals surface area contributed by atoms with E-state index >= 15 is 0 Å². The van der Waals surface area contributed by atoms with E-state index in [1.165, 1.54) is 11.1 Å². The maximum Gasteiger partial charge on any atom is 0.139 e. The van der Waals surface area contributed by atoms with Crippen molar-refractivity contribution >= 4 is 27.5 Å². The Labute approximate surface area is 287 Å². The van der Waals surface area contributed by atoms with Gasteiger partial charge in [0.25, 0.3) is 0 Å². The zero-order valence-electron chi connectivity index (χ0n) is 26.8. The second kappa shape index (κ2) is 17.9. The molecular weight excluding hydrogens is 664 g/mol. The molecular formula is C39H44BrClO5. The van der Waals surface area contributed by atoms with Gasteiger partial charge in [-0.2, -0.15) is 0 Å². The molecule has 0 N–H and O–H groups in total. The van der Waals surface area contributed by atoms with Crippen LogP contribution in [0.15, 0.2) is 95.5 Å². The molecule has 0 spiro atoms. The van der Waals surface area contributed by atoms with Crippen molar-refractivity contribution in [1.82, 2.24) is 0 Å². The molecule has 1 aliphatic heterocycles. The lowest BCUT2D eigenvalue weighted by molar-refractivity contribution is -0.142. The van der Waals surface area contributed by atoms with Crippen LogP contribution in [0.3, 0.4) is 0 Å². The summed E-state index contributed by atoms with van der Waals surface area (Å²) in [6.45, 7) is 6.88. The topological polar surface area (TPSA) is 46.2 Å². The summed E-state index contributed by atoms with van der Waals surface area (Å²) in [6, 6.07) is 31.2. The van der Waals surface area contributed by atoms with Crippen molar-refractivity contribution in [2.24, 2.45) is 0 Å². The van der Waals surface area contributed by atoms with E-state index in [1.54, 1.807) is 0 Å². The van der Waals surface area contributed by atoms with Gasteiger partial charge in [-0.25, -0.2) is 0 Å². The Morgan fingerprint density at radius 1 is 0.848 bits per heavy atom. The Morgan fingerprint density at radius 2 is 1.54 bits per heavy atom. The highest BCUT2D eigenvalue weighted by atomic mass is 79.9. The molecule has 5 nitrogen and oxygen atoms in total. The summed E-state index contributed by atoms with van der Waals surface area (Å²) in [5.41, 5.74) is 6.89. The van der Waals surface area contributed by atoms with Crippen LogP contribution in [0.4, 0.5) is 0 Å². The van der Waals surface area contributed by atoms with E-state index in [4.69, 9.17) is 35.3 Å². The maximum absolute atomic E-state index is 6.83. The summed E-state index contributed by atoms with van der Waals surface area (Å²) in [5.74, 6) is 2.24. The average molecular weight is 708 g/mol. The van der Waals surface area contributed by atoms with Crippen LogP contribution in [0, 0.1) is 6.92 Å². The summed E-state index contributed by atoms with van der Waals surface area (Å²) in [7, 11) is 0. The zero-order valence-corrected chi connectivity index (χ0v) is 29.1. The average Bonchev–Trinajstić information content (AvgIpc) is 3.09. The van der Waals surface area contributed by atoms with Crippen LogP contribution in [-0.2, 0) is 33.8 Å². The Bertz CT molecular complexity index is 1480. The van der Waals surface area contributed by atoms with E-state index in [1.807, 2.05) is 55.5 Å².